The third-order valence-corrected chi connectivity index (χ3v) is 2.57. The topological polar surface area (TPSA) is 67.8 Å². The van der Waals surface area contributed by atoms with Gasteiger partial charge < -0.3 is 19.9 Å². The van der Waals surface area contributed by atoms with Gasteiger partial charge in [-0.1, -0.05) is 17.7 Å². The van der Waals surface area contributed by atoms with Crippen molar-refractivity contribution >= 4 is 5.97 Å². The minimum atomic E-state index is -0.924. The molecular weight excluding hydrogens is 234 g/mol. The predicted molar refractivity (Wildman–Crippen MR) is 65.7 cm³/mol. The van der Waals surface area contributed by atoms with E-state index in [2.05, 4.69) is 5.32 Å². The first-order valence-corrected chi connectivity index (χ1v) is 5.65. The van der Waals surface area contributed by atoms with Crippen molar-refractivity contribution in [2.24, 2.45) is 0 Å². The Labute approximate surface area is 105 Å². The fourth-order valence-electron chi connectivity index (χ4n) is 1.79. The molecule has 1 aliphatic rings. The molecule has 2 N–H and O–H groups in total. The van der Waals surface area contributed by atoms with Gasteiger partial charge in [-0.2, -0.15) is 0 Å². The van der Waals surface area contributed by atoms with Crippen molar-refractivity contribution in [1.82, 2.24) is 5.32 Å². The third-order valence-electron chi connectivity index (χ3n) is 2.57. The summed E-state index contributed by atoms with van der Waals surface area (Å²) in [5, 5.41) is 11.8. The van der Waals surface area contributed by atoms with Crippen LogP contribution in [0.3, 0.4) is 0 Å². The lowest BCUT2D eigenvalue weighted by Gasteiger charge is -2.07. The number of nitrogens with one attached hydrogen (secondary N) is 1. The van der Waals surface area contributed by atoms with Crippen LogP contribution in [0.2, 0.25) is 0 Å². The van der Waals surface area contributed by atoms with Gasteiger partial charge in [0.15, 0.2) is 11.5 Å². The molecule has 5 nitrogen and oxygen atoms in total. The predicted octanol–water partition coefficient (Wildman–Crippen LogP) is 1.54. The molecule has 0 aliphatic carbocycles. The van der Waals surface area contributed by atoms with Crippen LogP contribution >= 0.6 is 0 Å². The van der Waals surface area contributed by atoms with Crippen molar-refractivity contribution in [1.29, 1.82) is 0 Å². The van der Waals surface area contributed by atoms with Crippen molar-refractivity contribution < 1.29 is 19.4 Å². The Morgan fingerprint density at radius 3 is 3.11 bits per heavy atom. The molecule has 1 heterocycles. The standard InChI is InChI=1S/C13H15NO4/c1-9(5-12(15)16)6-14-7-10-3-2-4-11-13(10)18-8-17-11/h2-5,14H,6-8H2,1H3,(H,15,16)/b9-5-. The van der Waals surface area contributed by atoms with Crippen molar-refractivity contribution in [2.45, 2.75) is 13.5 Å². The highest BCUT2D eigenvalue weighted by molar-refractivity contribution is 5.80. The smallest absolute Gasteiger partial charge is 0.328 e. The van der Waals surface area contributed by atoms with Gasteiger partial charge in [-0.05, 0) is 13.0 Å². The molecule has 96 valence electrons. The normalized spacial score (nSPS) is 13.7. The van der Waals surface area contributed by atoms with Gasteiger partial charge in [0.05, 0.1) is 0 Å². The molecule has 0 radical (unpaired) electrons. The zero-order chi connectivity index (χ0) is 13.0. The second-order valence-corrected chi connectivity index (χ2v) is 4.08. The van der Waals surface area contributed by atoms with Crippen LogP contribution in [-0.2, 0) is 11.3 Å². The van der Waals surface area contributed by atoms with Crippen LogP contribution in [0.5, 0.6) is 11.5 Å². The number of carboxylic acid groups (broad SMARTS) is 1. The Balaban J connectivity index is 1.92. The third kappa shape index (κ3) is 3.01. The molecule has 0 atom stereocenters. The van der Waals surface area contributed by atoms with Crippen molar-refractivity contribution in [3.63, 3.8) is 0 Å². The van der Waals surface area contributed by atoms with Crippen LogP contribution in [0.15, 0.2) is 29.8 Å². The largest absolute Gasteiger partial charge is 0.478 e. The van der Waals surface area contributed by atoms with Crippen LogP contribution in [0.4, 0.5) is 0 Å². The molecule has 0 saturated carbocycles. The van der Waals surface area contributed by atoms with E-state index in [4.69, 9.17) is 14.6 Å². The number of fused-ring (bicyclic) bond motifs is 1. The van der Waals surface area contributed by atoms with Crippen LogP contribution in [0, 0.1) is 0 Å². The van der Waals surface area contributed by atoms with Crippen molar-refractivity contribution in [3.8, 4) is 11.5 Å². The summed E-state index contributed by atoms with van der Waals surface area (Å²) >= 11 is 0. The lowest BCUT2D eigenvalue weighted by atomic mass is 10.2. The molecule has 0 saturated heterocycles. The van der Waals surface area contributed by atoms with Gasteiger partial charge >= 0.3 is 5.97 Å². The second-order valence-electron chi connectivity index (χ2n) is 4.08. The summed E-state index contributed by atoms with van der Waals surface area (Å²) in [4.78, 5) is 10.5. The quantitative estimate of drug-likeness (QED) is 0.775. The second kappa shape index (κ2) is 5.55. The number of hydrogen-bond acceptors (Lipinski definition) is 4. The van der Waals surface area contributed by atoms with E-state index in [0.717, 1.165) is 22.6 Å². The van der Waals surface area contributed by atoms with Crippen LogP contribution in [0.25, 0.3) is 0 Å². The number of ether oxygens (including phenoxy) is 2. The number of carbonyl (C=O) groups is 1. The highest BCUT2D eigenvalue weighted by Crippen LogP contribution is 2.35. The van der Waals surface area contributed by atoms with Crippen molar-refractivity contribution in [2.75, 3.05) is 13.3 Å². The number of hydrogen-bond donors (Lipinski definition) is 2. The van der Waals surface area contributed by atoms with Gasteiger partial charge in [-0.15, -0.1) is 0 Å². The maximum atomic E-state index is 10.5. The van der Waals surface area contributed by atoms with Gasteiger partial charge in [0.1, 0.15) is 0 Å². The Morgan fingerprint density at radius 1 is 1.50 bits per heavy atom. The van der Waals surface area contributed by atoms with E-state index in [1.165, 1.54) is 6.08 Å². The lowest BCUT2D eigenvalue weighted by molar-refractivity contribution is -0.131. The van der Waals surface area contributed by atoms with Gasteiger partial charge in [0, 0.05) is 24.7 Å². The molecule has 0 fully saturated rings. The molecule has 0 aromatic heterocycles. The molecule has 0 spiro atoms. The van der Waals surface area contributed by atoms with Gasteiger partial charge in [0.25, 0.3) is 0 Å². The average molecular weight is 249 g/mol. The zero-order valence-electron chi connectivity index (χ0n) is 10.1. The van der Waals surface area contributed by atoms with Gasteiger partial charge in [-0.25, -0.2) is 4.79 Å². The first-order chi connectivity index (χ1) is 8.66. The minimum absolute atomic E-state index is 0.254. The monoisotopic (exact) mass is 249 g/mol. The number of para-hydroxylation sites is 1. The van der Waals surface area contributed by atoms with E-state index < -0.39 is 5.97 Å². The number of carboxylic acids is 1. The fraction of sp³-hybridized carbons (Fsp3) is 0.308. The summed E-state index contributed by atoms with van der Waals surface area (Å²) < 4.78 is 10.7. The molecule has 0 amide bonds. The SMILES string of the molecule is C/C(=C/C(=O)O)CNCc1cccc2c1OCO2. The van der Waals surface area contributed by atoms with E-state index in [0.29, 0.717) is 13.1 Å². The molecule has 2 rings (SSSR count). The maximum absolute atomic E-state index is 10.5. The molecular formula is C13H15NO4. The average Bonchev–Trinajstić information content (AvgIpc) is 2.76. The first-order valence-electron chi connectivity index (χ1n) is 5.65. The maximum Gasteiger partial charge on any atom is 0.328 e. The Hall–Kier alpha value is -2.01. The zero-order valence-corrected chi connectivity index (χ0v) is 10.1. The number of aliphatic carboxylic acids is 1. The van der Waals surface area contributed by atoms with E-state index in [1.807, 2.05) is 18.2 Å². The van der Waals surface area contributed by atoms with Crippen LogP contribution in [0.1, 0.15) is 12.5 Å². The van der Waals surface area contributed by atoms with E-state index in [1.54, 1.807) is 6.92 Å². The Kier molecular flexibility index (Phi) is 3.84. The van der Waals surface area contributed by atoms with E-state index in [9.17, 15) is 4.79 Å². The Bertz CT molecular complexity index is 482. The fourth-order valence-corrected chi connectivity index (χ4v) is 1.79. The molecule has 0 unspecified atom stereocenters. The van der Waals surface area contributed by atoms with E-state index >= 15 is 0 Å². The lowest BCUT2D eigenvalue weighted by Crippen LogP contribution is -2.16. The number of benzene rings is 1. The molecule has 1 aromatic rings. The summed E-state index contributed by atoms with van der Waals surface area (Å²) in [7, 11) is 0. The highest BCUT2D eigenvalue weighted by Gasteiger charge is 2.16. The molecule has 18 heavy (non-hydrogen) atoms. The van der Waals surface area contributed by atoms with Crippen LogP contribution in [-0.4, -0.2) is 24.4 Å². The minimum Gasteiger partial charge on any atom is -0.478 e. The molecule has 1 aliphatic heterocycles. The molecule has 1 aromatic carbocycles. The van der Waals surface area contributed by atoms with Gasteiger partial charge in [-0.3, -0.25) is 0 Å². The van der Waals surface area contributed by atoms with Crippen molar-refractivity contribution in [3.05, 3.63) is 35.4 Å². The summed E-state index contributed by atoms with van der Waals surface area (Å²) in [5.74, 6) is 0.601. The number of rotatable bonds is 5. The summed E-state index contributed by atoms with van der Waals surface area (Å²) in [6, 6.07) is 5.72. The molecule has 5 heteroatoms. The summed E-state index contributed by atoms with van der Waals surface area (Å²) in [6.07, 6.45) is 1.20. The summed E-state index contributed by atoms with van der Waals surface area (Å²) in [5.41, 5.74) is 1.78. The van der Waals surface area contributed by atoms with E-state index in [-0.39, 0.29) is 6.79 Å². The Morgan fingerprint density at radius 2 is 2.33 bits per heavy atom. The van der Waals surface area contributed by atoms with Gasteiger partial charge in [0.2, 0.25) is 6.79 Å². The first kappa shape index (κ1) is 12.4. The highest BCUT2D eigenvalue weighted by atomic mass is 16.7. The molecule has 0 bridgehead atoms. The summed E-state index contributed by atoms with van der Waals surface area (Å²) in [6.45, 7) is 3.16. The van der Waals surface area contributed by atoms with Crippen LogP contribution < -0.4 is 14.8 Å².